The number of hydrogen-bond acceptors (Lipinski definition) is 7. The molecular formula is C24H22ClN2O7-. The summed E-state index contributed by atoms with van der Waals surface area (Å²) in [6.07, 6.45) is -3.12. The molecule has 0 radical (unpaired) electrons. The Kier molecular flexibility index (Phi) is 6.33. The number of hydrogen-bond donors (Lipinski definition) is 1. The van der Waals surface area contributed by atoms with Crippen LogP contribution in [0.3, 0.4) is 0 Å². The van der Waals surface area contributed by atoms with E-state index in [1.54, 1.807) is 50.2 Å². The van der Waals surface area contributed by atoms with Gasteiger partial charge in [0.25, 0.3) is 0 Å². The van der Waals surface area contributed by atoms with Crippen LogP contribution < -0.4 is 10.4 Å². The SMILES string of the molecule is Cc1c(C(=O)[O-])cccc1[C@H]1O[C@@H](N2CCC(=O)NC2=O)[C@](C)(Cl)[C@@H]1OC(=O)c1ccccc1. The third kappa shape index (κ3) is 4.24. The lowest BCUT2D eigenvalue weighted by Gasteiger charge is -2.37. The maximum Gasteiger partial charge on any atom is 0.338 e. The van der Waals surface area contributed by atoms with Crippen LogP contribution in [-0.2, 0) is 14.3 Å². The van der Waals surface area contributed by atoms with Crippen molar-refractivity contribution < 1.29 is 33.8 Å². The van der Waals surface area contributed by atoms with Crippen molar-refractivity contribution in [1.29, 1.82) is 0 Å². The molecule has 4 atom stereocenters. The Bertz CT molecular complexity index is 1150. The molecule has 0 aromatic heterocycles. The summed E-state index contributed by atoms with van der Waals surface area (Å²) in [4.78, 5) is 48.5. The molecule has 2 saturated heterocycles. The maximum absolute atomic E-state index is 12.9. The van der Waals surface area contributed by atoms with E-state index in [0.29, 0.717) is 16.7 Å². The molecule has 0 unspecified atom stereocenters. The van der Waals surface area contributed by atoms with E-state index < -0.39 is 47.2 Å². The van der Waals surface area contributed by atoms with Crippen molar-refractivity contribution in [2.45, 2.75) is 43.6 Å². The van der Waals surface area contributed by atoms with E-state index in [0.717, 1.165) is 0 Å². The molecular weight excluding hydrogens is 464 g/mol. The Labute approximate surface area is 200 Å². The number of carbonyl (C=O) groups is 4. The minimum atomic E-state index is -1.43. The van der Waals surface area contributed by atoms with Crippen molar-refractivity contribution in [3.8, 4) is 0 Å². The van der Waals surface area contributed by atoms with Crippen LogP contribution in [0.1, 0.15) is 51.3 Å². The summed E-state index contributed by atoms with van der Waals surface area (Å²) in [5, 5.41) is 13.8. The molecule has 3 amide bonds. The first kappa shape index (κ1) is 23.7. The first-order valence-electron chi connectivity index (χ1n) is 10.6. The summed E-state index contributed by atoms with van der Waals surface area (Å²) in [6.45, 7) is 3.22. The minimum Gasteiger partial charge on any atom is -0.545 e. The van der Waals surface area contributed by atoms with Gasteiger partial charge in [-0.25, -0.2) is 9.59 Å². The molecule has 1 N–H and O–H groups in total. The van der Waals surface area contributed by atoms with E-state index in [-0.39, 0.29) is 18.5 Å². The van der Waals surface area contributed by atoms with Gasteiger partial charge in [-0.3, -0.25) is 15.0 Å². The highest BCUT2D eigenvalue weighted by Crippen LogP contribution is 2.48. The highest BCUT2D eigenvalue weighted by atomic mass is 35.5. The Morgan fingerprint density at radius 1 is 1.18 bits per heavy atom. The third-order valence-electron chi connectivity index (χ3n) is 6.11. The number of carboxylic acid groups (broad SMARTS) is 1. The van der Waals surface area contributed by atoms with Gasteiger partial charge >= 0.3 is 12.0 Å². The lowest BCUT2D eigenvalue weighted by atomic mass is 9.91. The van der Waals surface area contributed by atoms with Crippen molar-refractivity contribution >= 4 is 35.5 Å². The van der Waals surface area contributed by atoms with Crippen LogP contribution in [0.2, 0.25) is 0 Å². The molecule has 10 heteroatoms. The van der Waals surface area contributed by atoms with Gasteiger partial charge in [-0.05, 0) is 37.1 Å². The van der Waals surface area contributed by atoms with Crippen LogP contribution in [0.4, 0.5) is 4.79 Å². The second-order valence-corrected chi connectivity index (χ2v) is 9.17. The molecule has 2 heterocycles. The number of imide groups is 1. The number of amides is 3. The Morgan fingerprint density at radius 2 is 1.88 bits per heavy atom. The number of nitrogens with one attached hydrogen (secondary N) is 1. The molecule has 2 aliphatic rings. The molecule has 4 rings (SSSR count). The van der Waals surface area contributed by atoms with Gasteiger partial charge in [0.15, 0.2) is 12.3 Å². The van der Waals surface area contributed by atoms with Crippen molar-refractivity contribution in [3.05, 3.63) is 70.8 Å². The number of carbonyl (C=O) groups excluding carboxylic acids is 4. The van der Waals surface area contributed by atoms with E-state index in [4.69, 9.17) is 21.1 Å². The van der Waals surface area contributed by atoms with Crippen molar-refractivity contribution in [2.75, 3.05) is 6.54 Å². The first-order chi connectivity index (χ1) is 16.1. The molecule has 2 fully saturated rings. The lowest BCUT2D eigenvalue weighted by molar-refractivity contribution is -0.255. The molecule has 0 spiro atoms. The summed E-state index contributed by atoms with van der Waals surface area (Å²) in [5.41, 5.74) is 1.03. The number of nitrogens with zero attached hydrogens (tertiary/aromatic N) is 1. The van der Waals surface area contributed by atoms with Gasteiger partial charge in [0, 0.05) is 18.5 Å². The van der Waals surface area contributed by atoms with Crippen molar-refractivity contribution in [1.82, 2.24) is 10.2 Å². The highest BCUT2D eigenvalue weighted by molar-refractivity contribution is 6.25. The fourth-order valence-corrected chi connectivity index (χ4v) is 4.64. The second-order valence-electron chi connectivity index (χ2n) is 8.36. The number of aromatic carboxylic acids is 1. The largest absolute Gasteiger partial charge is 0.545 e. The van der Waals surface area contributed by atoms with Gasteiger partial charge in [0.05, 0.1) is 11.5 Å². The Morgan fingerprint density at radius 3 is 2.53 bits per heavy atom. The van der Waals surface area contributed by atoms with E-state index in [1.807, 2.05) is 0 Å². The van der Waals surface area contributed by atoms with Gasteiger partial charge in [0.1, 0.15) is 11.0 Å². The zero-order valence-electron chi connectivity index (χ0n) is 18.4. The molecule has 9 nitrogen and oxygen atoms in total. The standard InChI is InChI=1S/C24H23ClN2O7/c1-13-15(9-6-10-16(13)20(29)30)18-19(34-21(31)14-7-4-3-5-8-14)24(2,25)22(33-18)27-12-11-17(28)26-23(27)32/h3-10,18-19,22H,11-12H2,1-2H3,(H,29,30)(H,26,28,32)/p-1/t18-,19-,22-,24-/m1/s1. The summed E-state index contributed by atoms with van der Waals surface area (Å²) >= 11 is 6.93. The third-order valence-corrected chi connectivity index (χ3v) is 6.51. The summed E-state index contributed by atoms with van der Waals surface area (Å²) in [6, 6.07) is 12.2. The van der Waals surface area contributed by atoms with Crippen LogP contribution in [0, 0.1) is 6.92 Å². The number of benzene rings is 2. The molecule has 0 aliphatic carbocycles. The Hall–Kier alpha value is -3.43. The van der Waals surface area contributed by atoms with Gasteiger partial charge in [0.2, 0.25) is 5.91 Å². The number of carboxylic acids is 1. The predicted octanol–water partition coefficient (Wildman–Crippen LogP) is 1.92. The molecule has 2 aromatic rings. The van der Waals surface area contributed by atoms with E-state index in [9.17, 15) is 24.3 Å². The molecule has 0 saturated carbocycles. The van der Waals surface area contributed by atoms with Crippen LogP contribution in [0.25, 0.3) is 0 Å². The average molecular weight is 486 g/mol. The van der Waals surface area contributed by atoms with Crippen LogP contribution in [0.5, 0.6) is 0 Å². The zero-order chi connectivity index (χ0) is 24.6. The molecule has 178 valence electrons. The molecule has 2 aromatic carbocycles. The van der Waals surface area contributed by atoms with Crippen LogP contribution in [-0.4, -0.2) is 52.5 Å². The van der Waals surface area contributed by atoms with E-state index in [2.05, 4.69) is 5.32 Å². The second kappa shape index (κ2) is 9.08. The molecule has 0 bridgehead atoms. The van der Waals surface area contributed by atoms with Crippen LogP contribution >= 0.6 is 11.6 Å². The van der Waals surface area contributed by atoms with Gasteiger partial charge in [-0.2, -0.15) is 0 Å². The maximum atomic E-state index is 12.9. The normalized spacial score (nSPS) is 26.8. The fourth-order valence-electron chi connectivity index (χ4n) is 4.31. The lowest BCUT2D eigenvalue weighted by Crippen LogP contribution is -2.59. The number of rotatable bonds is 5. The number of ether oxygens (including phenoxy) is 2. The van der Waals surface area contributed by atoms with Crippen molar-refractivity contribution in [3.63, 3.8) is 0 Å². The summed E-state index contributed by atoms with van der Waals surface area (Å²) in [5.74, 6) is -2.44. The van der Waals surface area contributed by atoms with Crippen molar-refractivity contribution in [2.24, 2.45) is 0 Å². The van der Waals surface area contributed by atoms with Gasteiger partial charge in [-0.1, -0.05) is 36.4 Å². The quantitative estimate of drug-likeness (QED) is 0.506. The molecule has 34 heavy (non-hydrogen) atoms. The minimum absolute atomic E-state index is 0.0460. The topological polar surface area (TPSA) is 125 Å². The number of alkyl halides is 1. The predicted molar refractivity (Wildman–Crippen MR) is 118 cm³/mol. The zero-order valence-corrected chi connectivity index (χ0v) is 19.2. The number of urea groups is 1. The fraction of sp³-hybridized carbons (Fsp3) is 0.333. The summed E-state index contributed by atoms with van der Waals surface area (Å²) in [7, 11) is 0. The smallest absolute Gasteiger partial charge is 0.338 e. The number of esters is 1. The number of halogens is 1. The summed E-state index contributed by atoms with van der Waals surface area (Å²) < 4.78 is 12.0. The van der Waals surface area contributed by atoms with Crippen LogP contribution in [0.15, 0.2) is 48.5 Å². The first-order valence-corrected chi connectivity index (χ1v) is 11.0. The average Bonchev–Trinajstić information content (AvgIpc) is 3.04. The van der Waals surface area contributed by atoms with Gasteiger partial charge < -0.3 is 19.4 Å². The van der Waals surface area contributed by atoms with E-state index in [1.165, 1.54) is 17.0 Å². The molecule has 2 aliphatic heterocycles. The monoisotopic (exact) mass is 485 g/mol. The van der Waals surface area contributed by atoms with E-state index >= 15 is 0 Å². The Balaban J connectivity index is 1.75. The highest BCUT2D eigenvalue weighted by Gasteiger charge is 2.59. The van der Waals surface area contributed by atoms with Gasteiger partial charge in [-0.15, -0.1) is 11.6 Å².